The topological polar surface area (TPSA) is 44.8 Å². The van der Waals surface area contributed by atoms with Crippen molar-refractivity contribution >= 4 is 19.2 Å². The molecular weight excluding hydrogens is 263 g/mol. The van der Waals surface area contributed by atoms with E-state index >= 15 is 0 Å². The highest BCUT2D eigenvalue weighted by Gasteiger charge is 2.22. The molecule has 0 heterocycles. The third-order valence-corrected chi connectivity index (χ3v) is 4.52. The first kappa shape index (κ1) is 17.4. The summed E-state index contributed by atoms with van der Waals surface area (Å²) in [6, 6.07) is 0.254. The predicted molar refractivity (Wildman–Crippen MR) is 70.9 cm³/mol. The monoisotopic (exact) mass is 286 g/mol. The van der Waals surface area contributed by atoms with Crippen LogP contribution in [0.15, 0.2) is 0 Å². The molecule has 0 amide bonds. The summed E-state index contributed by atoms with van der Waals surface area (Å²) in [5, 5.41) is 0. The molecule has 104 valence electrons. The quantitative estimate of drug-likeness (QED) is 0.309. The van der Waals surface area contributed by atoms with Gasteiger partial charge >= 0.3 is 7.60 Å². The SMILES string of the molecule is CCOP(=O)(CCCCCCOCCl)OCC. The van der Waals surface area contributed by atoms with Gasteiger partial charge in [0.15, 0.2) is 0 Å². The lowest BCUT2D eigenvalue weighted by molar-refractivity contribution is 0.173. The van der Waals surface area contributed by atoms with E-state index < -0.39 is 7.60 Å². The summed E-state index contributed by atoms with van der Waals surface area (Å²) in [6.07, 6.45) is 4.41. The fourth-order valence-electron chi connectivity index (χ4n) is 1.48. The normalized spacial score (nSPS) is 11.9. The minimum Gasteiger partial charge on any atom is -0.366 e. The zero-order valence-electron chi connectivity index (χ0n) is 10.8. The van der Waals surface area contributed by atoms with Crippen molar-refractivity contribution in [1.82, 2.24) is 0 Å². The molecular formula is C11H24ClO4P. The molecule has 0 atom stereocenters. The molecule has 0 radical (unpaired) electrons. The van der Waals surface area contributed by atoms with Crippen LogP contribution in [0.3, 0.4) is 0 Å². The standard InChI is InChI=1S/C11H24ClO4P/c1-3-15-17(13,16-4-2)10-8-6-5-7-9-14-11-12/h3-11H2,1-2H3. The van der Waals surface area contributed by atoms with Crippen molar-refractivity contribution < 1.29 is 18.3 Å². The van der Waals surface area contributed by atoms with Gasteiger partial charge in [0.25, 0.3) is 0 Å². The number of rotatable bonds is 12. The average Bonchev–Trinajstić information content (AvgIpc) is 2.28. The first-order valence-electron chi connectivity index (χ1n) is 6.20. The van der Waals surface area contributed by atoms with E-state index in [4.69, 9.17) is 25.4 Å². The van der Waals surface area contributed by atoms with Crippen molar-refractivity contribution in [3.05, 3.63) is 0 Å². The summed E-state index contributed by atoms with van der Waals surface area (Å²) in [6.45, 7) is 5.21. The minimum absolute atomic E-state index is 0.254. The van der Waals surface area contributed by atoms with Crippen LogP contribution in [0.5, 0.6) is 0 Å². The van der Waals surface area contributed by atoms with Crippen molar-refractivity contribution in [2.45, 2.75) is 39.5 Å². The van der Waals surface area contributed by atoms with Crippen LogP contribution in [-0.2, 0) is 18.3 Å². The molecule has 0 aromatic rings. The van der Waals surface area contributed by atoms with Gasteiger partial charge < -0.3 is 13.8 Å². The zero-order valence-corrected chi connectivity index (χ0v) is 12.5. The van der Waals surface area contributed by atoms with Crippen LogP contribution >= 0.6 is 19.2 Å². The minimum atomic E-state index is -2.83. The molecule has 0 fully saturated rings. The molecule has 0 spiro atoms. The number of unbranched alkanes of at least 4 members (excludes halogenated alkanes) is 3. The Morgan fingerprint density at radius 3 is 2.12 bits per heavy atom. The van der Waals surface area contributed by atoms with Gasteiger partial charge in [-0.2, -0.15) is 0 Å². The van der Waals surface area contributed by atoms with Gasteiger partial charge in [-0.1, -0.05) is 24.4 Å². The van der Waals surface area contributed by atoms with Gasteiger partial charge in [0.05, 0.1) is 19.4 Å². The second-order valence-electron chi connectivity index (χ2n) is 3.60. The Kier molecular flexibility index (Phi) is 11.8. The maximum absolute atomic E-state index is 12.1. The van der Waals surface area contributed by atoms with Crippen LogP contribution < -0.4 is 0 Å². The van der Waals surface area contributed by atoms with Crippen LogP contribution in [0.4, 0.5) is 0 Å². The van der Waals surface area contributed by atoms with Crippen molar-refractivity contribution in [3.63, 3.8) is 0 Å². The van der Waals surface area contributed by atoms with E-state index in [-0.39, 0.29) is 6.07 Å². The lowest BCUT2D eigenvalue weighted by Gasteiger charge is -2.16. The zero-order chi connectivity index (χ0) is 13.0. The second kappa shape index (κ2) is 11.5. The summed E-state index contributed by atoms with van der Waals surface area (Å²) in [7, 11) is -2.83. The molecule has 0 aliphatic carbocycles. The largest absolute Gasteiger partial charge is 0.366 e. The summed E-state index contributed by atoms with van der Waals surface area (Å²) in [4.78, 5) is 0. The molecule has 6 heteroatoms. The lowest BCUT2D eigenvalue weighted by atomic mass is 10.2. The fraction of sp³-hybridized carbons (Fsp3) is 1.00. The van der Waals surface area contributed by atoms with E-state index in [0.717, 1.165) is 25.7 Å². The summed E-state index contributed by atoms with van der Waals surface area (Å²) in [5.74, 6) is 0. The molecule has 0 saturated heterocycles. The Balaban J connectivity index is 3.58. The van der Waals surface area contributed by atoms with Crippen molar-refractivity contribution in [3.8, 4) is 0 Å². The first-order valence-corrected chi connectivity index (χ1v) is 8.46. The molecule has 0 aliphatic heterocycles. The smallest absolute Gasteiger partial charge is 0.330 e. The summed E-state index contributed by atoms with van der Waals surface area (Å²) < 4.78 is 27.5. The van der Waals surface area contributed by atoms with E-state index in [9.17, 15) is 4.57 Å². The summed E-state index contributed by atoms with van der Waals surface area (Å²) >= 11 is 5.38. The van der Waals surface area contributed by atoms with Gasteiger partial charge in [-0.15, -0.1) is 0 Å². The van der Waals surface area contributed by atoms with Crippen LogP contribution in [0.25, 0.3) is 0 Å². The van der Waals surface area contributed by atoms with Crippen LogP contribution in [0.2, 0.25) is 0 Å². The lowest BCUT2D eigenvalue weighted by Crippen LogP contribution is -2.00. The van der Waals surface area contributed by atoms with Gasteiger partial charge in [0, 0.05) is 6.61 Å². The van der Waals surface area contributed by atoms with Crippen LogP contribution in [-0.4, -0.2) is 32.0 Å². The summed E-state index contributed by atoms with van der Waals surface area (Å²) in [5.41, 5.74) is 0. The van der Waals surface area contributed by atoms with Gasteiger partial charge in [-0.3, -0.25) is 4.57 Å². The second-order valence-corrected chi connectivity index (χ2v) is 6.01. The third kappa shape index (κ3) is 10.0. The highest BCUT2D eigenvalue weighted by atomic mass is 35.5. The molecule has 0 N–H and O–H groups in total. The highest BCUT2D eigenvalue weighted by molar-refractivity contribution is 7.53. The Morgan fingerprint density at radius 1 is 1.00 bits per heavy atom. The van der Waals surface area contributed by atoms with Gasteiger partial charge in [-0.05, 0) is 26.7 Å². The fourth-order valence-corrected chi connectivity index (χ4v) is 3.32. The van der Waals surface area contributed by atoms with Gasteiger partial charge in [-0.25, -0.2) is 0 Å². The Morgan fingerprint density at radius 2 is 1.59 bits per heavy atom. The molecule has 0 rings (SSSR count). The van der Waals surface area contributed by atoms with E-state index in [2.05, 4.69) is 0 Å². The maximum Gasteiger partial charge on any atom is 0.330 e. The van der Waals surface area contributed by atoms with Crippen molar-refractivity contribution in [2.24, 2.45) is 0 Å². The Bertz CT molecular complexity index is 204. The van der Waals surface area contributed by atoms with Crippen LogP contribution in [0.1, 0.15) is 39.5 Å². The third-order valence-electron chi connectivity index (χ3n) is 2.20. The number of alkyl halides is 1. The molecule has 0 bridgehead atoms. The van der Waals surface area contributed by atoms with E-state index in [0.29, 0.717) is 26.0 Å². The first-order chi connectivity index (χ1) is 8.18. The molecule has 0 aliphatic rings. The number of hydrogen-bond acceptors (Lipinski definition) is 4. The molecule has 4 nitrogen and oxygen atoms in total. The highest BCUT2D eigenvalue weighted by Crippen LogP contribution is 2.48. The predicted octanol–water partition coefficient (Wildman–Crippen LogP) is 4.03. The van der Waals surface area contributed by atoms with Crippen molar-refractivity contribution in [2.75, 3.05) is 32.0 Å². The molecule has 0 saturated carbocycles. The Labute approximate surface area is 109 Å². The van der Waals surface area contributed by atoms with E-state index in [1.807, 2.05) is 13.8 Å². The Hall–Kier alpha value is 0.400. The molecule has 0 aromatic carbocycles. The van der Waals surface area contributed by atoms with Gasteiger partial charge in [0.2, 0.25) is 0 Å². The van der Waals surface area contributed by atoms with Crippen molar-refractivity contribution in [1.29, 1.82) is 0 Å². The number of halogens is 1. The average molecular weight is 287 g/mol. The number of ether oxygens (including phenoxy) is 1. The number of hydrogen-bond donors (Lipinski definition) is 0. The van der Waals surface area contributed by atoms with E-state index in [1.165, 1.54) is 0 Å². The maximum atomic E-state index is 12.1. The van der Waals surface area contributed by atoms with Crippen LogP contribution in [0, 0.1) is 0 Å². The molecule has 17 heavy (non-hydrogen) atoms. The molecule has 0 unspecified atom stereocenters. The van der Waals surface area contributed by atoms with E-state index in [1.54, 1.807) is 0 Å². The van der Waals surface area contributed by atoms with Gasteiger partial charge in [0.1, 0.15) is 6.07 Å². The molecule has 0 aromatic heterocycles.